The maximum atomic E-state index is 12.2. The first-order valence-electron chi connectivity index (χ1n) is 5.20. The number of rotatable bonds is 6. The third kappa shape index (κ3) is 3.94. The van der Waals surface area contributed by atoms with Gasteiger partial charge < -0.3 is 5.11 Å². The van der Waals surface area contributed by atoms with Crippen molar-refractivity contribution in [1.82, 2.24) is 4.31 Å². The van der Waals surface area contributed by atoms with Gasteiger partial charge in [-0.25, -0.2) is 8.42 Å². The number of carboxylic acid groups (broad SMARTS) is 1. The van der Waals surface area contributed by atoms with Crippen LogP contribution in [0.25, 0.3) is 0 Å². The van der Waals surface area contributed by atoms with Crippen LogP contribution < -0.4 is 0 Å². The molecule has 0 aliphatic carbocycles. The lowest BCUT2D eigenvalue weighted by Crippen LogP contribution is -2.37. The minimum absolute atomic E-state index is 0.0366. The summed E-state index contributed by atoms with van der Waals surface area (Å²) in [6, 6.07) is 2.87. The van der Waals surface area contributed by atoms with Crippen LogP contribution in [0.15, 0.2) is 16.3 Å². The predicted molar refractivity (Wildman–Crippen MR) is 70.6 cm³/mol. The minimum Gasteiger partial charge on any atom is -0.480 e. The van der Waals surface area contributed by atoms with Crippen LogP contribution in [0.4, 0.5) is 0 Å². The summed E-state index contributed by atoms with van der Waals surface area (Å²) < 4.78 is 25.8. The van der Waals surface area contributed by atoms with Crippen molar-refractivity contribution in [3.63, 3.8) is 0 Å². The van der Waals surface area contributed by atoms with Gasteiger partial charge in [-0.2, -0.15) is 4.31 Å². The number of hydrogen-bond donors (Lipinski definition) is 1. The molecule has 0 radical (unpaired) electrons. The number of halogens is 1. The van der Waals surface area contributed by atoms with Crippen LogP contribution in [0.1, 0.15) is 13.8 Å². The summed E-state index contributed by atoms with van der Waals surface area (Å²) >= 11 is 6.62. The lowest BCUT2D eigenvalue weighted by molar-refractivity contribution is -0.137. The van der Waals surface area contributed by atoms with Crippen LogP contribution in [-0.2, 0) is 14.8 Å². The summed E-state index contributed by atoms with van der Waals surface area (Å²) in [5.41, 5.74) is 0. The Bertz CT molecular complexity index is 524. The van der Waals surface area contributed by atoms with E-state index in [1.165, 1.54) is 12.1 Å². The van der Waals surface area contributed by atoms with Gasteiger partial charge in [0, 0.05) is 6.54 Å². The van der Waals surface area contributed by atoms with Gasteiger partial charge in [-0.15, -0.1) is 11.3 Å². The molecule has 1 aromatic rings. The van der Waals surface area contributed by atoms with Gasteiger partial charge in [-0.05, 0) is 18.1 Å². The van der Waals surface area contributed by atoms with Gasteiger partial charge in [0.1, 0.15) is 10.8 Å². The molecule has 1 aromatic heterocycles. The molecule has 8 heteroatoms. The molecule has 1 rings (SSSR count). The highest BCUT2D eigenvalue weighted by molar-refractivity contribution is 7.91. The molecule has 0 aliphatic heterocycles. The van der Waals surface area contributed by atoms with Crippen molar-refractivity contribution in [3.05, 3.63) is 16.5 Å². The van der Waals surface area contributed by atoms with E-state index in [0.29, 0.717) is 4.34 Å². The second-order valence-electron chi connectivity index (χ2n) is 4.14. The number of thiophene rings is 1. The molecule has 0 aromatic carbocycles. The van der Waals surface area contributed by atoms with E-state index in [9.17, 15) is 13.2 Å². The van der Waals surface area contributed by atoms with E-state index < -0.39 is 22.5 Å². The Morgan fingerprint density at radius 3 is 2.50 bits per heavy atom. The number of hydrogen-bond acceptors (Lipinski definition) is 4. The van der Waals surface area contributed by atoms with Crippen molar-refractivity contribution in [2.45, 2.75) is 18.1 Å². The molecule has 1 N–H and O–H groups in total. The number of carbonyl (C=O) groups is 1. The second kappa shape index (κ2) is 6.01. The highest BCUT2D eigenvalue weighted by atomic mass is 35.5. The predicted octanol–water partition coefficient (Wildman–Crippen LogP) is 2.13. The molecule has 5 nitrogen and oxygen atoms in total. The third-order valence-electron chi connectivity index (χ3n) is 2.02. The largest absolute Gasteiger partial charge is 0.480 e. The summed E-state index contributed by atoms with van der Waals surface area (Å²) in [7, 11) is -3.78. The fourth-order valence-corrected chi connectivity index (χ4v) is 4.56. The van der Waals surface area contributed by atoms with Crippen LogP contribution in [0.5, 0.6) is 0 Å². The topological polar surface area (TPSA) is 74.7 Å². The van der Waals surface area contributed by atoms with E-state index in [1.54, 1.807) is 0 Å². The average molecular weight is 312 g/mol. The molecular formula is C10H14ClNO4S2. The third-order valence-corrected chi connectivity index (χ3v) is 5.53. The fraction of sp³-hybridized carbons (Fsp3) is 0.500. The summed E-state index contributed by atoms with van der Waals surface area (Å²) in [6.45, 7) is 3.26. The van der Waals surface area contributed by atoms with Crippen molar-refractivity contribution in [1.29, 1.82) is 0 Å². The zero-order valence-corrected chi connectivity index (χ0v) is 12.3. The van der Waals surface area contributed by atoms with E-state index in [2.05, 4.69) is 0 Å². The molecule has 18 heavy (non-hydrogen) atoms. The van der Waals surface area contributed by atoms with Gasteiger partial charge in [-0.3, -0.25) is 4.79 Å². The molecular weight excluding hydrogens is 298 g/mol. The molecule has 102 valence electrons. The summed E-state index contributed by atoms with van der Waals surface area (Å²) in [4.78, 5) is 10.7. The SMILES string of the molecule is CC(C)CN(CC(=O)O)S(=O)(=O)c1ccc(Cl)s1. The normalized spacial score (nSPS) is 12.3. The van der Waals surface area contributed by atoms with Gasteiger partial charge in [0.05, 0.1) is 4.34 Å². The Hall–Kier alpha value is -0.630. The molecule has 0 saturated carbocycles. The monoisotopic (exact) mass is 311 g/mol. The minimum atomic E-state index is -3.78. The van der Waals surface area contributed by atoms with Gasteiger partial charge in [0.15, 0.2) is 0 Å². The van der Waals surface area contributed by atoms with E-state index in [-0.39, 0.29) is 16.7 Å². The highest BCUT2D eigenvalue weighted by Crippen LogP contribution is 2.28. The average Bonchev–Trinajstić information content (AvgIpc) is 2.63. The maximum absolute atomic E-state index is 12.2. The second-order valence-corrected chi connectivity index (χ2v) is 8.02. The first kappa shape index (κ1) is 15.4. The molecule has 1 heterocycles. The number of carboxylic acids is 1. The smallest absolute Gasteiger partial charge is 0.318 e. The fourth-order valence-electron chi connectivity index (χ4n) is 1.37. The van der Waals surface area contributed by atoms with Crippen LogP contribution in [0, 0.1) is 5.92 Å². The lowest BCUT2D eigenvalue weighted by Gasteiger charge is -2.21. The molecule has 0 amide bonds. The van der Waals surface area contributed by atoms with Crippen LogP contribution in [0.2, 0.25) is 4.34 Å². The Balaban J connectivity index is 3.06. The summed E-state index contributed by atoms with van der Waals surface area (Å²) in [6.07, 6.45) is 0. The maximum Gasteiger partial charge on any atom is 0.318 e. The molecule has 0 aliphatic rings. The van der Waals surface area contributed by atoms with Crippen LogP contribution >= 0.6 is 22.9 Å². The number of sulfonamides is 1. The van der Waals surface area contributed by atoms with Gasteiger partial charge in [0.25, 0.3) is 10.0 Å². The molecule has 0 bridgehead atoms. The van der Waals surface area contributed by atoms with Crippen molar-refractivity contribution in [3.8, 4) is 0 Å². The Morgan fingerprint density at radius 1 is 1.50 bits per heavy atom. The Morgan fingerprint density at radius 2 is 2.11 bits per heavy atom. The van der Waals surface area contributed by atoms with Gasteiger partial charge >= 0.3 is 5.97 Å². The molecule has 0 unspecified atom stereocenters. The standard InChI is InChI=1S/C10H14ClNO4S2/c1-7(2)5-12(6-9(13)14)18(15,16)10-4-3-8(11)17-10/h3-4,7H,5-6H2,1-2H3,(H,13,14). The quantitative estimate of drug-likeness (QED) is 0.873. The molecule has 0 fully saturated rings. The van der Waals surface area contributed by atoms with Gasteiger partial charge in [0.2, 0.25) is 0 Å². The van der Waals surface area contributed by atoms with Crippen molar-refractivity contribution in [2.24, 2.45) is 5.92 Å². The highest BCUT2D eigenvalue weighted by Gasteiger charge is 2.28. The first-order valence-corrected chi connectivity index (χ1v) is 7.84. The first-order chi connectivity index (χ1) is 8.23. The zero-order valence-electron chi connectivity index (χ0n) is 9.96. The number of aliphatic carboxylic acids is 1. The molecule has 0 atom stereocenters. The summed E-state index contributed by atoms with van der Waals surface area (Å²) in [5, 5.41) is 8.78. The Labute approximate surface area is 115 Å². The summed E-state index contributed by atoms with van der Waals surface area (Å²) in [5.74, 6) is -1.14. The molecule has 0 saturated heterocycles. The van der Waals surface area contributed by atoms with Crippen molar-refractivity contribution in [2.75, 3.05) is 13.1 Å². The molecule has 0 spiro atoms. The van der Waals surface area contributed by atoms with Crippen LogP contribution in [-0.4, -0.2) is 36.9 Å². The number of nitrogens with zero attached hydrogens (tertiary/aromatic N) is 1. The van der Waals surface area contributed by atoms with Crippen molar-refractivity contribution >= 4 is 38.9 Å². The zero-order chi connectivity index (χ0) is 13.9. The van der Waals surface area contributed by atoms with Crippen LogP contribution in [0.3, 0.4) is 0 Å². The van der Waals surface area contributed by atoms with Gasteiger partial charge in [-0.1, -0.05) is 25.4 Å². The van der Waals surface area contributed by atoms with E-state index >= 15 is 0 Å². The lowest BCUT2D eigenvalue weighted by atomic mass is 10.2. The van der Waals surface area contributed by atoms with E-state index in [4.69, 9.17) is 16.7 Å². The van der Waals surface area contributed by atoms with Crippen molar-refractivity contribution < 1.29 is 18.3 Å². The Kier molecular flexibility index (Phi) is 5.15. The van der Waals surface area contributed by atoms with E-state index in [0.717, 1.165) is 15.6 Å². The van der Waals surface area contributed by atoms with E-state index in [1.807, 2.05) is 13.8 Å².